The molecule has 4 heteroatoms. The minimum atomic E-state index is -0.455. The summed E-state index contributed by atoms with van der Waals surface area (Å²) in [6, 6.07) is 0.204. The molecule has 0 spiro atoms. The van der Waals surface area contributed by atoms with Crippen LogP contribution >= 0.6 is 0 Å². The van der Waals surface area contributed by atoms with E-state index in [-0.39, 0.29) is 18.7 Å². The molecule has 4 nitrogen and oxygen atoms in total. The molecule has 0 saturated carbocycles. The first-order valence-corrected chi connectivity index (χ1v) is 7.29. The van der Waals surface area contributed by atoms with Crippen molar-refractivity contribution in [2.24, 2.45) is 0 Å². The molecule has 1 N–H and O–H groups in total. The molecule has 0 radical (unpaired) electrons. The van der Waals surface area contributed by atoms with Crippen molar-refractivity contribution in [1.82, 2.24) is 4.90 Å². The van der Waals surface area contributed by atoms with Gasteiger partial charge in [-0.1, -0.05) is 11.6 Å². The topological polar surface area (TPSA) is 49.8 Å². The van der Waals surface area contributed by atoms with Crippen LogP contribution in [0.1, 0.15) is 46.5 Å². The first-order valence-electron chi connectivity index (χ1n) is 7.29. The molecule has 2 rings (SSSR count). The Kier molecular flexibility index (Phi) is 4.23. The molecule has 20 heavy (non-hydrogen) atoms. The number of ether oxygens (including phenoxy) is 1. The van der Waals surface area contributed by atoms with E-state index in [1.54, 1.807) is 4.90 Å². The van der Waals surface area contributed by atoms with Gasteiger partial charge in [0.1, 0.15) is 5.60 Å². The van der Waals surface area contributed by atoms with Crippen LogP contribution in [0.15, 0.2) is 22.8 Å². The molecular weight excluding hydrogens is 254 g/mol. The van der Waals surface area contributed by atoms with Crippen LogP contribution in [-0.2, 0) is 4.74 Å². The van der Waals surface area contributed by atoms with Crippen LogP contribution < -0.4 is 0 Å². The molecule has 2 aliphatic carbocycles. The van der Waals surface area contributed by atoms with Crippen LogP contribution in [0.2, 0.25) is 0 Å². The number of aliphatic hydroxyl groups is 1. The van der Waals surface area contributed by atoms with Crippen molar-refractivity contribution in [2.75, 3.05) is 13.7 Å². The molecule has 0 bridgehead atoms. The van der Waals surface area contributed by atoms with Crippen LogP contribution in [-0.4, -0.2) is 41.4 Å². The minimum absolute atomic E-state index is 0.130. The first-order chi connectivity index (χ1) is 9.31. The maximum atomic E-state index is 12.1. The number of carbonyl (C=O) groups excluding carboxylic acids is 1. The van der Waals surface area contributed by atoms with E-state index in [2.05, 4.69) is 6.08 Å². The lowest BCUT2D eigenvalue weighted by atomic mass is 9.87. The van der Waals surface area contributed by atoms with E-state index in [0.29, 0.717) is 0 Å². The molecule has 0 aliphatic heterocycles. The Morgan fingerprint density at radius 2 is 2.20 bits per heavy atom. The zero-order valence-electron chi connectivity index (χ0n) is 12.9. The number of nitrogens with zero attached hydrogens (tertiary/aromatic N) is 1. The van der Waals surface area contributed by atoms with Crippen LogP contribution in [0.4, 0.5) is 4.79 Å². The van der Waals surface area contributed by atoms with Gasteiger partial charge in [0.15, 0.2) is 0 Å². The predicted molar refractivity (Wildman–Crippen MR) is 78.4 cm³/mol. The summed E-state index contributed by atoms with van der Waals surface area (Å²) in [6.45, 7) is 5.78. The van der Waals surface area contributed by atoms with Gasteiger partial charge >= 0.3 is 6.09 Å². The van der Waals surface area contributed by atoms with Crippen molar-refractivity contribution in [3.05, 3.63) is 22.8 Å². The van der Waals surface area contributed by atoms with Crippen molar-refractivity contribution in [2.45, 2.75) is 58.1 Å². The van der Waals surface area contributed by atoms with E-state index >= 15 is 0 Å². The van der Waals surface area contributed by atoms with Gasteiger partial charge in [0.2, 0.25) is 0 Å². The molecule has 0 saturated heterocycles. The second kappa shape index (κ2) is 5.60. The number of amides is 1. The summed E-state index contributed by atoms with van der Waals surface area (Å²) < 4.78 is 5.42. The fourth-order valence-electron chi connectivity index (χ4n) is 2.93. The maximum Gasteiger partial charge on any atom is 0.410 e. The normalized spacial score (nSPS) is 22.4. The second-order valence-corrected chi connectivity index (χ2v) is 6.66. The zero-order valence-corrected chi connectivity index (χ0v) is 12.9. The third-order valence-corrected chi connectivity index (χ3v) is 4.02. The molecule has 0 fully saturated rings. The number of hydrogen-bond acceptors (Lipinski definition) is 3. The molecule has 1 unspecified atom stereocenters. The van der Waals surface area contributed by atoms with Crippen LogP contribution in [0.25, 0.3) is 0 Å². The molecule has 0 aromatic rings. The standard InChI is InChI=1S/C16H25NO3/c1-16(2,3)20-15(19)17(4)13-7-8-14-11(9-13)5-6-12(14)10-18/h6,13,18H,5,7-10H2,1-4H3. The molecule has 0 aromatic carbocycles. The van der Waals surface area contributed by atoms with Crippen molar-refractivity contribution in [3.8, 4) is 0 Å². The Morgan fingerprint density at radius 1 is 1.50 bits per heavy atom. The number of hydrogen-bond donors (Lipinski definition) is 1. The lowest BCUT2D eigenvalue weighted by Gasteiger charge is -2.34. The van der Waals surface area contributed by atoms with Gasteiger partial charge in [-0.2, -0.15) is 0 Å². The highest BCUT2D eigenvalue weighted by molar-refractivity contribution is 5.68. The summed E-state index contributed by atoms with van der Waals surface area (Å²) in [4.78, 5) is 13.8. The van der Waals surface area contributed by atoms with Gasteiger partial charge in [0, 0.05) is 13.1 Å². The summed E-state index contributed by atoms with van der Waals surface area (Å²) in [6.07, 6.45) is 5.56. The van der Waals surface area contributed by atoms with Gasteiger partial charge < -0.3 is 14.7 Å². The molecule has 0 heterocycles. The Labute approximate surface area is 121 Å². The molecule has 2 aliphatic rings. The average Bonchev–Trinajstić information content (AvgIpc) is 2.77. The van der Waals surface area contributed by atoms with E-state index in [1.807, 2.05) is 27.8 Å². The predicted octanol–water partition coefficient (Wildman–Crippen LogP) is 3.02. The monoisotopic (exact) mass is 279 g/mol. The second-order valence-electron chi connectivity index (χ2n) is 6.66. The number of allylic oxidation sites excluding steroid dienone is 1. The third kappa shape index (κ3) is 3.23. The van der Waals surface area contributed by atoms with Crippen molar-refractivity contribution in [1.29, 1.82) is 0 Å². The molecule has 112 valence electrons. The number of aliphatic hydroxyl groups excluding tert-OH is 1. The fourth-order valence-corrected chi connectivity index (χ4v) is 2.93. The van der Waals surface area contributed by atoms with E-state index in [9.17, 15) is 9.90 Å². The van der Waals surface area contributed by atoms with Gasteiger partial charge in [-0.05, 0) is 57.6 Å². The molecule has 1 atom stereocenters. The fraction of sp³-hybridized carbons (Fsp3) is 0.688. The molecule has 0 aromatic heterocycles. The van der Waals surface area contributed by atoms with E-state index in [0.717, 1.165) is 31.3 Å². The van der Waals surface area contributed by atoms with Gasteiger partial charge in [-0.15, -0.1) is 0 Å². The summed E-state index contributed by atoms with van der Waals surface area (Å²) >= 11 is 0. The SMILES string of the molecule is CN(C(=O)OC(C)(C)C)C1CCC2=C(CC=C2CO)C1. The van der Waals surface area contributed by atoms with E-state index < -0.39 is 5.60 Å². The highest BCUT2D eigenvalue weighted by Crippen LogP contribution is 2.38. The van der Waals surface area contributed by atoms with Crippen LogP contribution in [0, 0.1) is 0 Å². The van der Waals surface area contributed by atoms with E-state index in [1.165, 1.54) is 11.1 Å². The Hall–Kier alpha value is -1.29. The minimum Gasteiger partial charge on any atom is -0.444 e. The highest BCUT2D eigenvalue weighted by Gasteiger charge is 2.31. The summed E-state index contributed by atoms with van der Waals surface area (Å²) in [5.74, 6) is 0. The summed E-state index contributed by atoms with van der Waals surface area (Å²) in [5, 5.41) is 9.31. The smallest absolute Gasteiger partial charge is 0.410 e. The van der Waals surface area contributed by atoms with Crippen molar-refractivity contribution < 1.29 is 14.6 Å². The Morgan fingerprint density at radius 3 is 2.80 bits per heavy atom. The first kappa shape index (κ1) is 15.1. The van der Waals surface area contributed by atoms with Gasteiger partial charge in [-0.3, -0.25) is 0 Å². The third-order valence-electron chi connectivity index (χ3n) is 4.02. The molecular formula is C16H25NO3. The number of carbonyl (C=O) groups is 1. The van der Waals surface area contributed by atoms with Crippen LogP contribution in [0.5, 0.6) is 0 Å². The van der Waals surface area contributed by atoms with Crippen molar-refractivity contribution in [3.63, 3.8) is 0 Å². The van der Waals surface area contributed by atoms with Gasteiger partial charge in [-0.25, -0.2) is 4.79 Å². The summed E-state index contributed by atoms with van der Waals surface area (Å²) in [7, 11) is 1.82. The van der Waals surface area contributed by atoms with Crippen LogP contribution in [0.3, 0.4) is 0 Å². The quantitative estimate of drug-likeness (QED) is 0.845. The Bertz CT molecular complexity index is 457. The van der Waals surface area contributed by atoms with Gasteiger partial charge in [0.25, 0.3) is 0 Å². The highest BCUT2D eigenvalue weighted by atomic mass is 16.6. The maximum absolute atomic E-state index is 12.1. The number of rotatable bonds is 2. The largest absolute Gasteiger partial charge is 0.444 e. The lowest BCUT2D eigenvalue weighted by Crippen LogP contribution is -2.41. The van der Waals surface area contributed by atoms with E-state index in [4.69, 9.17) is 4.74 Å². The summed E-state index contributed by atoms with van der Waals surface area (Å²) in [5.41, 5.74) is 3.32. The Balaban J connectivity index is 1.98. The zero-order chi connectivity index (χ0) is 14.9. The lowest BCUT2D eigenvalue weighted by molar-refractivity contribution is 0.0210. The van der Waals surface area contributed by atoms with Crippen molar-refractivity contribution >= 4 is 6.09 Å². The average molecular weight is 279 g/mol. The molecule has 1 amide bonds. The van der Waals surface area contributed by atoms with Gasteiger partial charge in [0.05, 0.1) is 6.61 Å².